The van der Waals surface area contributed by atoms with Gasteiger partial charge < -0.3 is 19.4 Å². The molecule has 8 heteroatoms. The zero-order valence-corrected chi connectivity index (χ0v) is 19.9. The van der Waals surface area contributed by atoms with Crippen LogP contribution in [0, 0.1) is 13.8 Å². The Morgan fingerprint density at radius 3 is 2.40 bits per heavy atom. The topological polar surface area (TPSA) is 99.5 Å². The molecule has 0 bridgehead atoms. The number of anilines is 1. The van der Waals surface area contributed by atoms with Crippen LogP contribution in [0.1, 0.15) is 27.2 Å². The lowest BCUT2D eigenvalue weighted by molar-refractivity contribution is -0.116. The smallest absolute Gasteiger partial charge is 0.244 e. The predicted octanol–water partition coefficient (Wildman–Crippen LogP) is 3.90. The minimum Gasteiger partial charge on any atom is -0.497 e. The maximum absolute atomic E-state index is 13.2. The fourth-order valence-electron chi connectivity index (χ4n) is 3.75. The van der Waals surface area contributed by atoms with Gasteiger partial charge in [-0.2, -0.15) is 0 Å². The fraction of sp³-hybridized carbons (Fsp3) is 0.185. The van der Waals surface area contributed by atoms with E-state index in [1.54, 1.807) is 56.5 Å². The van der Waals surface area contributed by atoms with Gasteiger partial charge in [0.1, 0.15) is 23.7 Å². The van der Waals surface area contributed by atoms with Gasteiger partial charge in [0.05, 0.1) is 30.9 Å². The summed E-state index contributed by atoms with van der Waals surface area (Å²) in [5, 5.41) is 3.08. The summed E-state index contributed by atoms with van der Waals surface area (Å²) < 4.78 is 12.1. The first-order valence-corrected chi connectivity index (χ1v) is 10.9. The zero-order valence-electron chi connectivity index (χ0n) is 19.9. The third-order valence-electron chi connectivity index (χ3n) is 5.62. The number of hydrogen-bond donors (Lipinski definition) is 1. The van der Waals surface area contributed by atoms with Crippen LogP contribution < -0.4 is 20.2 Å². The summed E-state index contributed by atoms with van der Waals surface area (Å²) in [6.07, 6.45) is 1.41. The Kier molecular flexibility index (Phi) is 6.64. The zero-order chi connectivity index (χ0) is 25.1. The second kappa shape index (κ2) is 9.80. The number of carbonyl (C=O) groups is 2. The Labute approximate surface area is 202 Å². The van der Waals surface area contributed by atoms with Crippen molar-refractivity contribution in [3.63, 3.8) is 0 Å². The van der Waals surface area contributed by atoms with Crippen LogP contribution in [0.3, 0.4) is 0 Å². The van der Waals surface area contributed by atoms with E-state index >= 15 is 0 Å². The van der Waals surface area contributed by atoms with E-state index in [1.165, 1.54) is 17.9 Å². The lowest BCUT2D eigenvalue weighted by atomic mass is 10.0. The second-order valence-electron chi connectivity index (χ2n) is 8.13. The van der Waals surface area contributed by atoms with Crippen molar-refractivity contribution in [3.05, 3.63) is 93.4 Å². The van der Waals surface area contributed by atoms with Crippen LogP contribution in [-0.2, 0) is 11.3 Å². The quantitative estimate of drug-likeness (QED) is 0.411. The highest BCUT2D eigenvalue weighted by atomic mass is 16.5. The lowest BCUT2D eigenvalue weighted by Gasteiger charge is -2.15. The fourth-order valence-corrected chi connectivity index (χ4v) is 3.75. The van der Waals surface area contributed by atoms with Crippen molar-refractivity contribution in [1.29, 1.82) is 0 Å². The van der Waals surface area contributed by atoms with Crippen molar-refractivity contribution in [2.24, 2.45) is 0 Å². The number of rotatable bonds is 7. The Morgan fingerprint density at radius 1 is 0.971 bits per heavy atom. The number of pyridine rings is 2. The molecule has 0 spiro atoms. The number of carbonyl (C=O) groups excluding carboxylic acids is 2. The first kappa shape index (κ1) is 23.7. The molecule has 0 fully saturated rings. The lowest BCUT2D eigenvalue weighted by Crippen LogP contribution is -2.25. The Hall–Kier alpha value is -4.46. The van der Waals surface area contributed by atoms with Gasteiger partial charge >= 0.3 is 0 Å². The molecule has 0 aliphatic rings. The molecule has 2 aromatic carbocycles. The molecule has 35 heavy (non-hydrogen) atoms. The summed E-state index contributed by atoms with van der Waals surface area (Å²) in [5.74, 6) is 0.232. The van der Waals surface area contributed by atoms with Crippen molar-refractivity contribution in [2.45, 2.75) is 20.4 Å². The molecule has 0 saturated carbocycles. The van der Waals surface area contributed by atoms with E-state index in [0.29, 0.717) is 34.1 Å². The summed E-state index contributed by atoms with van der Waals surface area (Å²) in [6, 6.07) is 15.4. The first-order valence-electron chi connectivity index (χ1n) is 10.9. The number of nitrogens with one attached hydrogen (secondary N) is 1. The van der Waals surface area contributed by atoms with Gasteiger partial charge in [0.25, 0.3) is 0 Å². The maximum Gasteiger partial charge on any atom is 0.244 e. The van der Waals surface area contributed by atoms with Gasteiger partial charge in [-0.1, -0.05) is 29.8 Å². The number of amides is 1. The molecule has 0 aliphatic heterocycles. The second-order valence-corrected chi connectivity index (χ2v) is 8.13. The highest BCUT2D eigenvalue weighted by Gasteiger charge is 2.19. The number of nitrogens with zero attached hydrogens (tertiary/aromatic N) is 2. The minimum atomic E-state index is -0.424. The Balaban J connectivity index is 1.74. The third kappa shape index (κ3) is 4.91. The van der Waals surface area contributed by atoms with E-state index in [4.69, 9.17) is 9.47 Å². The SMILES string of the molecule is COc1ccc(NC(=O)Cn2cc(C(=O)c3ccc(C)cc3)c(=O)c3ccc(C)nc32)c(OC)c1. The summed E-state index contributed by atoms with van der Waals surface area (Å²) in [5.41, 5.74) is 2.42. The molecule has 2 heterocycles. The Bertz CT molecular complexity index is 1490. The molecular formula is C27H25N3O5. The molecule has 0 radical (unpaired) electrons. The van der Waals surface area contributed by atoms with Crippen molar-refractivity contribution >= 4 is 28.4 Å². The van der Waals surface area contributed by atoms with E-state index in [0.717, 1.165) is 5.56 Å². The van der Waals surface area contributed by atoms with E-state index in [-0.39, 0.29) is 23.4 Å². The first-order chi connectivity index (χ1) is 16.8. The Morgan fingerprint density at radius 2 is 1.71 bits per heavy atom. The van der Waals surface area contributed by atoms with Gasteiger partial charge in [-0.25, -0.2) is 4.98 Å². The summed E-state index contributed by atoms with van der Waals surface area (Å²) in [7, 11) is 3.04. The highest BCUT2D eigenvalue weighted by molar-refractivity contribution is 6.10. The van der Waals surface area contributed by atoms with E-state index < -0.39 is 11.2 Å². The molecule has 0 unspecified atom stereocenters. The summed E-state index contributed by atoms with van der Waals surface area (Å²) in [6.45, 7) is 3.54. The average Bonchev–Trinajstić information content (AvgIpc) is 2.86. The van der Waals surface area contributed by atoms with E-state index in [9.17, 15) is 14.4 Å². The highest BCUT2D eigenvalue weighted by Crippen LogP contribution is 2.29. The molecule has 8 nitrogen and oxygen atoms in total. The average molecular weight is 472 g/mol. The number of fused-ring (bicyclic) bond motifs is 1. The van der Waals surface area contributed by atoms with Crippen LogP contribution in [0.15, 0.2) is 65.6 Å². The van der Waals surface area contributed by atoms with Gasteiger partial charge in [0, 0.05) is 23.5 Å². The van der Waals surface area contributed by atoms with E-state index in [2.05, 4.69) is 10.3 Å². The number of aromatic nitrogens is 2. The molecule has 4 rings (SSSR count). The molecule has 0 aliphatic carbocycles. The van der Waals surface area contributed by atoms with Gasteiger partial charge in [-0.05, 0) is 38.1 Å². The van der Waals surface area contributed by atoms with E-state index in [1.807, 2.05) is 19.1 Å². The van der Waals surface area contributed by atoms with Gasteiger partial charge in [-0.15, -0.1) is 0 Å². The molecule has 1 amide bonds. The molecule has 1 N–H and O–H groups in total. The number of benzene rings is 2. The molecule has 0 saturated heterocycles. The van der Waals surface area contributed by atoms with Crippen LogP contribution in [0.5, 0.6) is 11.5 Å². The van der Waals surface area contributed by atoms with Crippen LogP contribution in [0.4, 0.5) is 5.69 Å². The monoisotopic (exact) mass is 471 g/mol. The number of aryl methyl sites for hydroxylation is 2. The molecular weight excluding hydrogens is 446 g/mol. The molecule has 4 aromatic rings. The van der Waals surface area contributed by atoms with Crippen LogP contribution in [-0.4, -0.2) is 35.5 Å². The summed E-state index contributed by atoms with van der Waals surface area (Å²) in [4.78, 5) is 43.9. The number of methoxy groups -OCH3 is 2. The minimum absolute atomic E-state index is 0.0261. The number of ether oxygens (including phenoxy) is 2. The normalized spacial score (nSPS) is 10.7. The molecule has 0 atom stereocenters. The largest absolute Gasteiger partial charge is 0.497 e. The van der Waals surface area contributed by atoms with Crippen LogP contribution >= 0.6 is 0 Å². The third-order valence-corrected chi connectivity index (χ3v) is 5.62. The molecule has 178 valence electrons. The van der Waals surface area contributed by atoms with Gasteiger partial charge in [-0.3, -0.25) is 14.4 Å². The maximum atomic E-state index is 13.2. The predicted molar refractivity (Wildman–Crippen MR) is 134 cm³/mol. The standard InChI is InChI=1S/C27H25N3O5/c1-16-5-8-18(9-6-16)25(32)21-14-30(27-20(26(21)33)11-7-17(2)28-27)15-24(31)29-22-12-10-19(34-3)13-23(22)35-4/h5-14H,15H2,1-4H3,(H,29,31). The van der Waals surface area contributed by atoms with Crippen molar-refractivity contribution < 1.29 is 19.1 Å². The van der Waals surface area contributed by atoms with Gasteiger partial charge in [0.2, 0.25) is 11.3 Å². The molecule has 2 aromatic heterocycles. The van der Waals surface area contributed by atoms with Crippen LogP contribution in [0.25, 0.3) is 11.0 Å². The summed E-state index contributed by atoms with van der Waals surface area (Å²) >= 11 is 0. The number of hydrogen-bond acceptors (Lipinski definition) is 6. The van der Waals surface area contributed by atoms with Crippen molar-refractivity contribution in [3.8, 4) is 11.5 Å². The van der Waals surface area contributed by atoms with Crippen molar-refractivity contribution in [2.75, 3.05) is 19.5 Å². The van der Waals surface area contributed by atoms with Gasteiger partial charge in [0.15, 0.2) is 5.78 Å². The van der Waals surface area contributed by atoms with Crippen LogP contribution in [0.2, 0.25) is 0 Å². The number of ketones is 1. The van der Waals surface area contributed by atoms with Crippen molar-refractivity contribution in [1.82, 2.24) is 9.55 Å².